The molecule has 29 heavy (non-hydrogen) atoms. The van der Waals surface area contributed by atoms with Crippen molar-refractivity contribution in [3.8, 4) is 11.4 Å². The van der Waals surface area contributed by atoms with Crippen molar-refractivity contribution < 1.29 is 13.2 Å². The Labute approximate surface area is 168 Å². The Morgan fingerprint density at radius 3 is 2.59 bits per heavy atom. The van der Waals surface area contributed by atoms with E-state index in [4.69, 9.17) is 0 Å². The summed E-state index contributed by atoms with van der Waals surface area (Å²) in [4.78, 5) is 11.1. The van der Waals surface area contributed by atoms with Crippen LogP contribution in [0.3, 0.4) is 0 Å². The molecule has 1 aliphatic heterocycles. The van der Waals surface area contributed by atoms with Gasteiger partial charge in [-0.2, -0.15) is 13.2 Å². The molecule has 0 N–H and O–H groups in total. The summed E-state index contributed by atoms with van der Waals surface area (Å²) in [7, 11) is 0. The summed E-state index contributed by atoms with van der Waals surface area (Å²) in [5.74, 6) is 1.41. The van der Waals surface area contributed by atoms with Crippen LogP contribution < -0.4 is 0 Å². The Hall–Kier alpha value is -2.67. The number of likely N-dealkylation sites (tertiary alicyclic amines) is 1. The summed E-state index contributed by atoms with van der Waals surface area (Å²) in [5.41, 5.74) is 2.43. The fourth-order valence-corrected chi connectivity index (χ4v) is 3.94. The number of alkyl halides is 3. The molecule has 4 rings (SSSR count). The van der Waals surface area contributed by atoms with Gasteiger partial charge in [0.1, 0.15) is 5.82 Å². The maximum atomic E-state index is 12.7. The number of aromatic nitrogens is 3. The number of rotatable bonds is 5. The maximum absolute atomic E-state index is 12.7. The number of imidazole rings is 1. The van der Waals surface area contributed by atoms with Gasteiger partial charge in [-0.1, -0.05) is 12.1 Å². The third-order valence-electron chi connectivity index (χ3n) is 5.47. The predicted molar refractivity (Wildman–Crippen MR) is 105 cm³/mol. The van der Waals surface area contributed by atoms with Crippen LogP contribution in [0.5, 0.6) is 0 Å². The second-order valence-corrected chi connectivity index (χ2v) is 7.66. The van der Waals surface area contributed by atoms with Crippen LogP contribution in [-0.2, 0) is 19.3 Å². The van der Waals surface area contributed by atoms with Gasteiger partial charge in [0.25, 0.3) is 0 Å². The minimum atomic E-state index is -4.29. The topological polar surface area (TPSA) is 34.0 Å². The van der Waals surface area contributed by atoms with Crippen LogP contribution in [0.15, 0.2) is 55.0 Å². The standard InChI is InChI=1S/C22H23F3N4/c1-16-11-27-21(19-3-2-9-26-12-19)29(16)15-18-8-10-28(14-18)13-17-4-6-20(7-5-17)22(23,24)25/h2-7,9,11-12,18H,8,10,13-15H2,1H3. The zero-order valence-corrected chi connectivity index (χ0v) is 16.2. The van der Waals surface area contributed by atoms with Crippen molar-refractivity contribution in [2.24, 2.45) is 5.92 Å². The number of hydrogen-bond donors (Lipinski definition) is 0. The molecule has 1 saturated heterocycles. The van der Waals surface area contributed by atoms with Gasteiger partial charge in [0.05, 0.1) is 5.56 Å². The normalized spacial score (nSPS) is 17.7. The lowest BCUT2D eigenvalue weighted by Gasteiger charge is -2.18. The van der Waals surface area contributed by atoms with E-state index in [1.165, 1.54) is 0 Å². The fraction of sp³-hybridized carbons (Fsp3) is 0.364. The number of nitrogens with zero attached hydrogens (tertiary/aromatic N) is 4. The molecule has 1 atom stereocenters. The highest BCUT2D eigenvalue weighted by Crippen LogP contribution is 2.30. The number of benzene rings is 1. The van der Waals surface area contributed by atoms with Crippen LogP contribution >= 0.6 is 0 Å². The summed E-state index contributed by atoms with van der Waals surface area (Å²) in [6.45, 7) is 5.47. The molecular formula is C22H23F3N4. The maximum Gasteiger partial charge on any atom is 0.416 e. The van der Waals surface area contributed by atoms with Crippen molar-refractivity contribution in [2.45, 2.75) is 32.6 Å². The van der Waals surface area contributed by atoms with Gasteiger partial charge in [-0.05, 0) is 55.6 Å². The molecule has 4 nitrogen and oxygen atoms in total. The molecule has 0 saturated carbocycles. The van der Waals surface area contributed by atoms with Crippen molar-refractivity contribution in [2.75, 3.05) is 13.1 Å². The van der Waals surface area contributed by atoms with E-state index >= 15 is 0 Å². The van der Waals surface area contributed by atoms with E-state index in [0.29, 0.717) is 12.5 Å². The zero-order valence-electron chi connectivity index (χ0n) is 16.2. The Morgan fingerprint density at radius 2 is 1.90 bits per heavy atom. The SMILES string of the molecule is Cc1cnc(-c2cccnc2)n1CC1CCN(Cc2ccc(C(F)(F)F)cc2)C1. The molecule has 7 heteroatoms. The van der Waals surface area contributed by atoms with Gasteiger partial charge in [0.15, 0.2) is 0 Å². The molecule has 152 valence electrons. The van der Waals surface area contributed by atoms with Crippen molar-refractivity contribution in [1.29, 1.82) is 0 Å². The average molecular weight is 400 g/mol. The van der Waals surface area contributed by atoms with E-state index < -0.39 is 11.7 Å². The van der Waals surface area contributed by atoms with Crippen LogP contribution in [0.4, 0.5) is 13.2 Å². The zero-order chi connectivity index (χ0) is 20.4. The number of aryl methyl sites for hydroxylation is 1. The molecular weight excluding hydrogens is 377 g/mol. The highest BCUT2D eigenvalue weighted by Gasteiger charge is 2.30. The molecule has 0 bridgehead atoms. The summed E-state index contributed by atoms with van der Waals surface area (Å²) in [6, 6.07) is 9.41. The highest BCUT2D eigenvalue weighted by atomic mass is 19.4. The quantitative estimate of drug-likeness (QED) is 0.617. The number of pyridine rings is 1. The molecule has 0 amide bonds. The monoisotopic (exact) mass is 400 g/mol. The van der Waals surface area contributed by atoms with Gasteiger partial charge in [0.2, 0.25) is 0 Å². The third-order valence-corrected chi connectivity index (χ3v) is 5.47. The Bertz CT molecular complexity index is 948. The largest absolute Gasteiger partial charge is 0.416 e. The van der Waals surface area contributed by atoms with Crippen LogP contribution in [0.25, 0.3) is 11.4 Å². The van der Waals surface area contributed by atoms with Gasteiger partial charge in [-0.15, -0.1) is 0 Å². The number of halogens is 3. The molecule has 0 radical (unpaired) electrons. The van der Waals surface area contributed by atoms with E-state index in [-0.39, 0.29) is 0 Å². The van der Waals surface area contributed by atoms with E-state index in [1.54, 1.807) is 18.3 Å². The third kappa shape index (κ3) is 4.50. The molecule has 0 aliphatic carbocycles. The second-order valence-electron chi connectivity index (χ2n) is 7.66. The first-order chi connectivity index (χ1) is 13.9. The van der Waals surface area contributed by atoms with E-state index in [9.17, 15) is 13.2 Å². The van der Waals surface area contributed by atoms with Crippen molar-refractivity contribution in [3.63, 3.8) is 0 Å². The van der Waals surface area contributed by atoms with Crippen LogP contribution in [-0.4, -0.2) is 32.5 Å². The molecule has 1 unspecified atom stereocenters. The minimum Gasteiger partial charge on any atom is -0.328 e. The van der Waals surface area contributed by atoms with Gasteiger partial charge in [-0.25, -0.2) is 4.98 Å². The predicted octanol–water partition coefficient (Wildman–Crippen LogP) is 4.79. The van der Waals surface area contributed by atoms with Crippen molar-refractivity contribution in [1.82, 2.24) is 19.4 Å². The fourth-order valence-electron chi connectivity index (χ4n) is 3.94. The molecule has 3 heterocycles. The first-order valence-corrected chi connectivity index (χ1v) is 9.71. The molecule has 3 aromatic rings. The van der Waals surface area contributed by atoms with E-state index in [1.807, 2.05) is 24.5 Å². The van der Waals surface area contributed by atoms with Gasteiger partial charge < -0.3 is 4.57 Å². The molecule has 1 aliphatic rings. The van der Waals surface area contributed by atoms with Gasteiger partial charge in [0, 0.05) is 49.5 Å². The summed E-state index contributed by atoms with van der Waals surface area (Å²) in [6.07, 6.45) is 2.23. The van der Waals surface area contributed by atoms with E-state index in [2.05, 4.69) is 26.4 Å². The molecule has 2 aromatic heterocycles. The number of hydrogen-bond acceptors (Lipinski definition) is 3. The molecule has 1 aromatic carbocycles. The van der Waals surface area contributed by atoms with Crippen LogP contribution in [0.1, 0.15) is 23.2 Å². The summed E-state index contributed by atoms with van der Waals surface area (Å²) < 4.78 is 40.4. The van der Waals surface area contributed by atoms with Gasteiger partial charge in [-0.3, -0.25) is 9.88 Å². The highest BCUT2D eigenvalue weighted by molar-refractivity contribution is 5.54. The summed E-state index contributed by atoms with van der Waals surface area (Å²) in [5, 5.41) is 0. The Morgan fingerprint density at radius 1 is 1.10 bits per heavy atom. The minimum absolute atomic E-state index is 0.479. The van der Waals surface area contributed by atoms with Crippen LogP contribution in [0.2, 0.25) is 0 Å². The smallest absolute Gasteiger partial charge is 0.328 e. The lowest BCUT2D eigenvalue weighted by atomic mass is 10.1. The van der Waals surface area contributed by atoms with Gasteiger partial charge >= 0.3 is 6.18 Å². The first-order valence-electron chi connectivity index (χ1n) is 9.71. The van der Waals surface area contributed by atoms with E-state index in [0.717, 1.165) is 60.8 Å². The Kier molecular flexibility index (Phi) is 5.41. The summed E-state index contributed by atoms with van der Waals surface area (Å²) >= 11 is 0. The molecule has 1 fully saturated rings. The second kappa shape index (κ2) is 7.99. The lowest BCUT2D eigenvalue weighted by Crippen LogP contribution is -2.22. The van der Waals surface area contributed by atoms with Crippen molar-refractivity contribution in [3.05, 3.63) is 71.8 Å². The first kappa shape index (κ1) is 19.6. The van der Waals surface area contributed by atoms with Crippen LogP contribution in [0, 0.1) is 12.8 Å². The Balaban J connectivity index is 1.39. The lowest BCUT2D eigenvalue weighted by molar-refractivity contribution is -0.137. The molecule has 0 spiro atoms. The average Bonchev–Trinajstić information content (AvgIpc) is 3.29. The van der Waals surface area contributed by atoms with Crippen molar-refractivity contribution >= 4 is 0 Å².